The van der Waals surface area contributed by atoms with Crippen LogP contribution in [-0.2, 0) is 37.5 Å². The molecular formula is C46H82NO10P. The number of phosphoric ester groups is 1. The summed E-state index contributed by atoms with van der Waals surface area (Å²) in [5.74, 6) is -2.41. The molecule has 0 bridgehead atoms. The molecule has 0 aromatic carbocycles. The fourth-order valence-electron chi connectivity index (χ4n) is 6.06. The van der Waals surface area contributed by atoms with E-state index in [0.717, 1.165) is 70.6 Å². The van der Waals surface area contributed by atoms with Crippen LogP contribution in [0.25, 0.3) is 0 Å². The van der Waals surface area contributed by atoms with Crippen molar-refractivity contribution < 1.29 is 47.5 Å². The van der Waals surface area contributed by atoms with Gasteiger partial charge in [0.25, 0.3) is 0 Å². The van der Waals surface area contributed by atoms with Crippen LogP contribution in [0.1, 0.15) is 194 Å². The topological polar surface area (TPSA) is 172 Å². The number of rotatable bonds is 42. The number of ether oxygens (including phenoxy) is 2. The number of carbonyl (C=O) groups is 3. The van der Waals surface area contributed by atoms with Crippen LogP contribution in [0.4, 0.5) is 0 Å². The maximum absolute atomic E-state index is 12.6. The third-order valence-corrected chi connectivity index (χ3v) is 10.5. The predicted octanol–water partition coefficient (Wildman–Crippen LogP) is 12.2. The normalized spacial score (nSPS) is 14.1. The lowest BCUT2D eigenvalue weighted by atomic mass is 10.0. The average Bonchev–Trinajstić information content (AvgIpc) is 3.20. The lowest BCUT2D eigenvalue weighted by molar-refractivity contribution is -0.161. The molecule has 1 unspecified atom stereocenters. The summed E-state index contributed by atoms with van der Waals surface area (Å²) < 4.78 is 32.7. The van der Waals surface area contributed by atoms with Gasteiger partial charge < -0.3 is 25.2 Å². The highest BCUT2D eigenvalue weighted by molar-refractivity contribution is 7.47. The first-order chi connectivity index (χ1) is 28.1. The minimum atomic E-state index is -4.72. The summed E-state index contributed by atoms with van der Waals surface area (Å²) >= 11 is 0. The van der Waals surface area contributed by atoms with E-state index in [9.17, 15) is 23.8 Å². The zero-order valence-electron chi connectivity index (χ0n) is 36.4. The average molecular weight is 840 g/mol. The van der Waals surface area contributed by atoms with Crippen molar-refractivity contribution in [2.75, 3.05) is 19.8 Å². The van der Waals surface area contributed by atoms with Crippen molar-refractivity contribution in [1.29, 1.82) is 0 Å². The van der Waals surface area contributed by atoms with Gasteiger partial charge >= 0.3 is 25.7 Å². The molecule has 0 aliphatic rings. The number of allylic oxidation sites excluding steroid dienone is 8. The quantitative estimate of drug-likeness (QED) is 0.0231. The van der Waals surface area contributed by atoms with Crippen molar-refractivity contribution in [3.8, 4) is 0 Å². The van der Waals surface area contributed by atoms with Gasteiger partial charge in [-0.2, -0.15) is 0 Å². The van der Waals surface area contributed by atoms with E-state index in [-0.39, 0.29) is 19.4 Å². The van der Waals surface area contributed by atoms with Gasteiger partial charge in [-0.05, 0) is 51.4 Å². The number of carbonyl (C=O) groups excluding carboxylic acids is 2. The van der Waals surface area contributed by atoms with Crippen molar-refractivity contribution in [3.05, 3.63) is 48.6 Å². The van der Waals surface area contributed by atoms with E-state index in [0.29, 0.717) is 12.8 Å². The van der Waals surface area contributed by atoms with Gasteiger partial charge in [0.15, 0.2) is 6.10 Å². The lowest BCUT2D eigenvalue weighted by Crippen LogP contribution is -2.34. The van der Waals surface area contributed by atoms with Gasteiger partial charge in [0.1, 0.15) is 12.6 Å². The summed E-state index contributed by atoms with van der Waals surface area (Å²) in [6.07, 6.45) is 46.0. The fourth-order valence-corrected chi connectivity index (χ4v) is 6.83. The standard InChI is InChI=1S/C46H82NO10P/c1-3-5-7-9-11-13-15-17-19-21-23-25-27-29-31-33-35-37-44(48)54-39-42(40-55-58(52,53)56-41-43(47)46(50)51)57-45(49)38-36-34-32-30-28-26-24-22-20-18-16-14-12-10-8-6-4-2/h6,8,12,14,18,20,24,26,42-43H,3-5,7,9-11,13,15-17,19,21-23,25,27-41,47H2,1-2H3,(H,50,51)(H,52,53)/b8-6-,14-12-,20-18-,26-24-/t42-,43+/m1/s1. The minimum Gasteiger partial charge on any atom is -0.480 e. The second-order valence-corrected chi connectivity index (χ2v) is 16.6. The van der Waals surface area contributed by atoms with Crippen molar-refractivity contribution in [1.82, 2.24) is 0 Å². The molecule has 3 atom stereocenters. The van der Waals surface area contributed by atoms with Crippen LogP contribution in [0.3, 0.4) is 0 Å². The van der Waals surface area contributed by atoms with E-state index in [1.165, 1.54) is 83.5 Å². The maximum atomic E-state index is 12.6. The van der Waals surface area contributed by atoms with Gasteiger partial charge in [0.2, 0.25) is 0 Å². The fraction of sp³-hybridized carbons (Fsp3) is 0.761. The SMILES string of the molecule is CC/C=C\C/C=C\C/C=C\C/C=C\CCCCCCC(=O)O[C@H](COC(=O)CCCCCCCCCCCCCCCCCCC)COP(=O)(O)OC[C@H](N)C(=O)O. The number of carboxylic acid groups (broad SMARTS) is 1. The van der Waals surface area contributed by atoms with Crippen molar-refractivity contribution >= 4 is 25.7 Å². The summed E-state index contributed by atoms with van der Waals surface area (Å²) in [5.41, 5.74) is 5.34. The highest BCUT2D eigenvalue weighted by atomic mass is 31.2. The Morgan fingerprint density at radius 1 is 0.552 bits per heavy atom. The molecule has 0 rings (SSSR count). The Bertz CT molecular complexity index is 1170. The molecule has 0 saturated heterocycles. The maximum Gasteiger partial charge on any atom is 0.472 e. The number of nitrogens with two attached hydrogens (primary N) is 1. The largest absolute Gasteiger partial charge is 0.480 e. The minimum absolute atomic E-state index is 0.133. The zero-order chi connectivity index (χ0) is 42.8. The Kier molecular flexibility index (Phi) is 39.4. The van der Waals surface area contributed by atoms with E-state index < -0.39 is 51.1 Å². The Balaban J connectivity index is 4.36. The molecule has 0 aliphatic carbocycles. The van der Waals surface area contributed by atoms with Crippen LogP contribution in [-0.4, -0.2) is 59.9 Å². The molecule has 12 heteroatoms. The third-order valence-electron chi connectivity index (χ3n) is 9.59. The van der Waals surface area contributed by atoms with Crippen LogP contribution >= 0.6 is 7.82 Å². The molecule has 58 heavy (non-hydrogen) atoms. The number of carboxylic acids is 1. The van der Waals surface area contributed by atoms with Gasteiger partial charge in [0, 0.05) is 12.8 Å². The Morgan fingerprint density at radius 2 is 0.966 bits per heavy atom. The molecule has 0 aromatic heterocycles. The monoisotopic (exact) mass is 840 g/mol. The lowest BCUT2D eigenvalue weighted by Gasteiger charge is -2.20. The summed E-state index contributed by atoms with van der Waals surface area (Å²) in [4.78, 5) is 46.0. The van der Waals surface area contributed by atoms with Crippen LogP contribution in [0.5, 0.6) is 0 Å². The first-order valence-electron chi connectivity index (χ1n) is 22.7. The number of phosphoric acid groups is 1. The number of aliphatic carboxylic acids is 1. The van der Waals surface area contributed by atoms with Crippen molar-refractivity contribution in [2.24, 2.45) is 5.73 Å². The van der Waals surface area contributed by atoms with Crippen LogP contribution < -0.4 is 5.73 Å². The second-order valence-electron chi connectivity index (χ2n) is 15.2. The van der Waals surface area contributed by atoms with Crippen LogP contribution in [0.15, 0.2) is 48.6 Å². The van der Waals surface area contributed by atoms with E-state index >= 15 is 0 Å². The Hall–Kier alpha value is -2.56. The second kappa shape index (κ2) is 41.2. The van der Waals surface area contributed by atoms with Crippen LogP contribution in [0.2, 0.25) is 0 Å². The van der Waals surface area contributed by atoms with Crippen molar-refractivity contribution in [3.63, 3.8) is 0 Å². The molecule has 0 spiro atoms. The molecule has 0 amide bonds. The van der Waals surface area contributed by atoms with Gasteiger partial charge in [0.05, 0.1) is 13.2 Å². The first-order valence-corrected chi connectivity index (χ1v) is 24.2. The molecule has 0 heterocycles. The molecule has 0 aliphatic heterocycles. The highest BCUT2D eigenvalue weighted by Crippen LogP contribution is 2.43. The molecular weight excluding hydrogens is 757 g/mol. The van der Waals surface area contributed by atoms with E-state index in [1.54, 1.807) is 0 Å². The molecule has 0 radical (unpaired) electrons. The van der Waals surface area contributed by atoms with Crippen molar-refractivity contribution in [2.45, 2.75) is 206 Å². The summed E-state index contributed by atoms with van der Waals surface area (Å²) in [6.45, 7) is 2.68. The van der Waals surface area contributed by atoms with Gasteiger partial charge in [-0.15, -0.1) is 0 Å². The van der Waals surface area contributed by atoms with E-state index in [1.807, 2.05) is 0 Å². The molecule has 0 saturated carbocycles. The van der Waals surface area contributed by atoms with E-state index in [4.69, 9.17) is 24.8 Å². The van der Waals surface area contributed by atoms with Gasteiger partial charge in [-0.1, -0.05) is 178 Å². The summed E-state index contributed by atoms with van der Waals surface area (Å²) in [5, 5.41) is 8.89. The highest BCUT2D eigenvalue weighted by Gasteiger charge is 2.28. The smallest absolute Gasteiger partial charge is 0.472 e. The molecule has 0 fully saturated rings. The predicted molar refractivity (Wildman–Crippen MR) is 235 cm³/mol. The molecule has 0 aromatic rings. The number of esters is 2. The Labute approximate surface area is 352 Å². The Morgan fingerprint density at radius 3 is 1.45 bits per heavy atom. The zero-order valence-corrected chi connectivity index (χ0v) is 37.3. The molecule has 336 valence electrons. The van der Waals surface area contributed by atoms with E-state index in [2.05, 4.69) is 67.0 Å². The van der Waals surface area contributed by atoms with Crippen LogP contribution in [0, 0.1) is 0 Å². The molecule has 11 nitrogen and oxygen atoms in total. The molecule has 4 N–H and O–H groups in total. The number of unbranched alkanes of at least 4 members (excludes halogenated alkanes) is 20. The first kappa shape index (κ1) is 55.4. The van der Waals surface area contributed by atoms with Gasteiger partial charge in [-0.3, -0.25) is 23.4 Å². The summed E-state index contributed by atoms with van der Waals surface area (Å²) in [7, 11) is -4.72. The number of hydrogen-bond donors (Lipinski definition) is 3. The number of hydrogen-bond acceptors (Lipinski definition) is 9. The van der Waals surface area contributed by atoms with Gasteiger partial charge in [-0.25, -0.2) is 4.57 Å². The third kappa shape index (κ3) is 40.2. The summed E-state index contributed by atoms with van der Waals surface area (Å²) in [6, 6.07) is -1.53.